The Labute approximate surface area is 196 Å². The molecule has 0 spiro atoms. The first-order valence-corrected chi connectivity index (χ1v) is 10.4. The average molecular weight is 528 g/mol. The molecule has 1 aromatic carbocycles. The van der Waals surface area contributed by atoms with Crippen LogP contribution in [0.5, 0.6) is 0 Å². The maximum absolute atomic E-state index is 5.97. The number of piperidine rings is 1. The van der Waals surface area contributed by atoms with E-state index in [4.69, 9.17) is 11.6 Å². The Balaban J connectivity index is 0.00000300. The van der Waals surface area contributed by atoms with Crippen molar-refractivity contribution in [3.63, 3.8) is 0 Å². The van der Waals surface area contributed by atoms with Gasteiger partial charge in [-0.15, -0.1) is 24.0 Å². The minimum Gasteiger partial charge on any atom is -0.356 e. The van der Waals surface area contributed by atoms with Gasteiger partial charge in [0.1, 0.15) is 0 Å². The van der Waals surface area contributed by atoms with E-state index in [0.29, 0.717) is 6.04 Å². The van der Waals surface area contributed by atoms with Crippen molar-refractivity contribution in [3.05, 3.63) is 64.4 Å². The zero-order chi connectivity index (χ0) is 19.8. The molecule has 5 nitrogen and oxygen atoms in total. The van der Waals surface area contributed by atoms with E-state index in [9.17, 15) is 0 Å². The fourth-order valence-electron chi connectivity index (χ4n) is 3.57. The molecule has 0 aliphatic carbocycles. The quantitative estimate of drug-likeness (QED) is 0.338. The number of hydrogen-bond acceptors (Lipinski definition) is 3. The summed E-state index contributed by atoms with van der Waals surface area (Å²) in [6, 6.07) is 10.7. The summed E-state index contributed by atoms with van der Waals surface area (Å²) in [4.78, 5) is 11.0. The average Bonchev–Trinajstić information content (AvgIpc) is 2.71. The fourth-order valence-corrected chi connectivity index (χ4v) is 3.70. The molecular weight excluding hydrogens is 497 g/mol. The first-order chi connectivity index (χ1) is 13.6. The molecule has 0 radical (unpaired) electrons. The van der Waals surface area contributed by atoms with Crippen LogP contribution in [-0.2, 0) is 13.0 Å². The van der Waals surface area contributed by atoms with Crippen molar-refractivity contribution in [1.82, 2.24) is 20.5 Å². The lowest BCUT2D eigenvalue weighted by Crippen LogP contribution is -2.48. The van der Waals surface area contributed by atoms with Gasteiger partial charge in [-0.05, 0) is 61.1 Å². The second-order valence-corrected chi connectivity index (χ2v) is 7.81. The molecule has 0 saturated carbocycles. The highest BCUT2D eigenvalue weighted by atomic mass is 127. The van der Waals surface area contributed by atoms with E-state index < -0.39 is 0 Å². The van der Waals surface area contributed by atoms with Crippen LogP contribution in [0, 0.1) is 6.92 Å². The van der Waals surface area contributed by atoms with Crippen LogP contribution in [0.25, 0.3) is 0 Å². The van der Waals surface area contributed by atoms with Crippen molar-refractivity contribution in [3.8, 4) is 0 Å². The molecule has 0 bridgehead atoms. The number of halogens is 2. The second-order valence-electron chi connectivity index (χ2n) is 7.37. The van der Waals surface area contributed by atoms with Gasteiger partial charge in [-0.3, -0.25) is 14.9 Å². The van der Waals surface area contributed by atoms with Gasteiger partial charge in [-0.1, -0.05) is 23.7 Å². The molecule has 1 fully saturated rings. The summed E-state index contributed by atoms with van der Waals surface area (Å²) in [6.07, 6.45) is 6.98. The van der Waals surface area contributed by atoms with E-state index in [2.05, 4.69) is 50.6 Å². The smallest absolute Gasteiger partial charge is 0.191 e. The van der Waals surface area contributed by atoms with Crippen LogP contribution in [0.1, 0.15) is 29.5 Å². The first kappa shape index (κ1) is 23.9. The van der Waals surface area contributed by atoms with Gasteiger partial charge in [0.05, 0.1) is 0 Å². The normalized spacial score (nSPS) is 15.6. The number of rotatable bonds is 6. The van der Waals surface area contributed by atoms with Gasteiger partial charge in [0.25, 0.3) is 0 Å². The van der Waals surface area contributed by atoms with Crippen molar-refractivity contribution in [1.29, 1.82) is 0 Å². The third-order valence-electron chi connectivity index (χ3n) is 5.29. The van der Waals surface area contributed by atoms with Crippen molar-refractivity contribution >= 4 is 41.5 Å². The predicted octanol–water partition coefficient (Wildman–Crippen LogP) is 4.03. The highest BCUT2D eigenvalue weighted by molar-refractivity contribution is 14.0. The molecule has 1 aliphatic rings. The number of nitrogens with one attached hydrogen (secondary N) is 2. The molecule has 1 aromatic heterocycles. The van der Waals surface area contributed by atoms with E-state index in [0.717, 1.165) is 56.4 Å². The van der Waals surface area contributed by atoms with Gasteiger partial charge >= 0.3 is 0 Å². The molecule has 1 saturated heterocycles. The molecule has 0 atom stereocenters. The predicted molar refractivity (Wildman–Crippen MR) is 132 cm³/mol. The number of benzene rings is 1. The van der Waals surface area contributed by atoms with Gasteiger partial charge < -0.3 is 10.6 Å². The Hall–Kier alpha value is -1.38. The van der Waals surface area contributed by atoms with Crippen LogP contribution in [-0.4, -0.2) is 48.6 Å². The van der Waals surface area contributed by atoms with Crippen molar-refractivity contribution < 1.29 is 0 Å². The molecule has 1 aliphatic heterocycles. The summed E-state index contributed by atoms with van der Waals surface area (Å²) in [7, 11) is 1.84. The SMILES string of the molecule is CN=C(NCCc1ccncc1C)NC1CCN(Cc2ccc(Cl)cc2)CC1.I. The van der Waals surface area contributed by atoms with Gasteiger partial charge in [0.15, 0.2) is 5.96 Å². The highest BCUT2D eigenvalue weighted by Crippen LogP contribution is 2.16. The molecule has 29 heavy (non-hydrogen) atoms. The van der Waals surface area contributed by atoms with E-state index in [1.807, 2.05) is 31.6 Å². The lowest BCUT2D eigenvalue weighted by atomic mass is 10.0. The number of nitrogens with zero attached hydrogens (tertiary/aromatic N) is 3. The molecule has 2 aromatic rings. The van der Waals surface area contributed by atoms with E-state index in [-0.39, 0.29) is 24.0 Å². The number of aliphatic imine (C=N–C) groups is 1. The lowest BCUT2D eigenvalue weighted by Gasteiger charge is -2.33. The Morgan fingerprint density at radius 1 is 1.21 bits per heavy atom. The van der Waals surface area contributed by atoms with E-state index in [1.54, 1.807) is 0 Å². The van der Waals surface area contributed by atoms with E-state index in [1.165, 1.54) is 16.7 Å². The largest absolute Gasteiger partial charge is 0.356 e. The number of pyridine rings is 1. The zero-order valence-electron chi connectivity index (χ0n) is 17.2. The van der Waals surface area contributed by atoms with E-state index >= 15 is 0 Å². The van der Waals surface area contributed by atoms with Gasteiger partial charge in [-0.2, -0.15) is 0 Å². The summed E-state index contributed by atoms with van der Waals surface area (Å²) < 4.78 is 0. The summed E-state index contributed by atoms with van der Waals surface area (Å²) in [6.45, 7) is 6.14. The number of hydrogen-bond donors (Lipinski definition) is 2. The second kappa shape index (κ2) is 12.3. The van der Waals surface area contributed by atoms with Crippen LogP contribution >= 0.6 is 35.6 Å². The maximum Gasteiger partial charge on any atom is 0.191 e. The van der Waals surface area contributed by atoms with Gasteiger partial charge in [0.2, 0.25) is 0 Å². The minimum absolute atomic E-state index is 0. The topological polar surface area (TPSA) is 52.6 Å². The molecule has 3 rings (SSSR count). The molecule has 2 N–H and O–H groups in total. The maximum atomic E-state index is 5.97. The van der Waals surface area contributed by atoms with Crippen molar-refractivity contribution in [2.45, 2.75) is 38.8 Å². The molecule has 2 heterocycles. The first-order valence-electron chi connectivity index (χ1n) is 9.97. The summed E-state index contributed by atoms with van der Waals surface area (Å²) in [5.74, 6) is 0.892. The Morgan fingerprint density at radius 3 is 2.59 bits per heavy atom. The Morgan fingerprint density at radius 2 is 1.93 bits per heavy atom. The Kier molecular flexibility index (Phi) is 10.2. The molecule has 158 valence electrons. The van der Waals surface area contributed by atoms with Crippen LogP contribution in [0.3, 0.4) is 0 Å². The number of aryl methyl sites for hydroxylation is 1. The molecule has 0 unspecified atom stereocenters. The van der Waals surface area contributed by atoms with Crippen LogP contribution in [0.15, 0.2) is 47.7 Å². The van der Waals surface area contributed by atoms with Crippen LogP contribution < -0.4 is 10.6 Å². The monoisotopic (exact) mass is 527 g/mol. The number of likely N-dealkylation sites (tertiary alicyclic amines) is 1. The van der Waals surface area contributed by atoms with Crippen molar-refractivity contribution in [2.24, 2.45) is 4.99 Å². The highest BCUT2D eigenvalue weighted by Gasteiger charge is 2.20. The third kappa shape index (κ3) is 7.75. The standard InChI is InChI=1S/C22H30ClN5.HI/c1-17-15-25-11-7-19(17)8-12-26-22(24-2)27-21-9-13-28(14-10-21)16-18-3-5-20(23)6-4-18;/h3-7,11,15,21H,8-10,12-14,16H2,1-2H3,(H2,24,26,27);1H. The zero-order valence-corrected chi connectivity index (χ0v) is 20.3. The summed E-state index contributed by atoms with van der Waals surface area (Å²) in [5.41, 5.74) is 3.88. The van der Waals surface area contributed by atoms with Gasteiger partial charge in [-0.25, -0.2) is 0 Å². The molecule has 0 amide bonds. The summed E-state index contributed by atoms with van der Waals surface area (Å²) in [5, 5.41) is 7.82. The van der Waals surface area contributed by atoms with Gasteiger partial charge in [0, 0.05) is 56.7 Å². The summed E-state index contributed by atoms with van der Waals surface area (Å²) >= 11 is 5.97. The molecule has 7 heteroatoms. The van der Waals surface area contributed by atoms with Crippen LogP contribution in [0.4, 0.5) is 0 Å². The van der Waals surface area contributed by atoms with Crippen molar-refractivity contribution in [2.75, 3.05) is 26.7 Å². The number of guanidine groups is 1. The minimum atomic E-state index is 0. The molecular formula is C22H31ClIN5. The fraction of sp³-hybridized carbons (Fsp3) is 0.455. The third-order valence-corrected chi connectivity index (χ3v) is 5.55. The number of aromatic nitrogens is 1. The van der Waals surface area contributed by atoms with Crippen LogP contribution in [0.2, 0.25) is 5.02 Å². The lowest BCUT2D eigenvalue weighted by molar-refractivity contribution is 0.198. The Bertz CT molecular complexity index is 773.